The molecule has 0 fully saturated rings. The summed E-state index contributed by atoms with van der Waals surface area (Å²) in [6.07, 6.45) is 0. The molecule has 2 amide bonds. The van der Waals surface area contributed by atoms with Gasteiger partial charge in [0, 0.05) is 16.8 Å². The fourth-order valence-corrected chi connectivity index (χ4v) is 2.16. The Kier molecular flexibility index (Phi) is 4.25. The van der Waals surface area contributed by atoms with Crippen LogP contribution in [-0.2, 0) is 0 Å². The fraction of sp³-hybridized carbons (Fsp3) is 0. The van der Waals surface area contributed by atoms with Crippen molar-refractivity contribution < 1.29 is 18.4 Å². The lowest BCUT2D eigenvalue weighted by Gasteiger charge is -2.03. The van der Waals surface area contributed by atoms with Crippen molar-refractivity contribution in [2.24, 2.45) is 5.73 Å². The number of hydrogen-bond donors (Lipinski definition) is 3. The van der Waals surface area contributed by atoms with Crippen molar-refractivity contribution in [1.82, 2.24) is 10.2 Å². The van der Waals surface area contributed by atoms with E-state index in [1.54, 1.807) is 0 Å². The minimum absolute atomic E-state index is 0.138. The van der Waals surface area contributed by atoms with Crippen LogP contribution in [-0.4, -0.2) is 22.0 Å². The molecule has 0 aliphatic rings. The summed E-state index contributed by atoms with van der Waals surface area (Å²) in [6, 6.07) is 10.8. The molecule has 2 aromatic carbocycles. The number of carbonyl (C=O) groups is 2. The number of aromatic nitrogens is 2. The lowest BCUT2D eigenvalue weighted by Crippen LogP contribution is -2.13. The topological polar surface area (TPSA) is 101 Å². The van der Waals surface area contributed by atoms with E-state index in [4.69, 9.17) is 5.73 Å². The molecular weight excluding hydrogens is 330 g/mol. The maximum Gasteiger partial charge on any atom is 0.273 e. The number of nitrogens with one attached hydrogen (secondary N) is 2. The summed E-state index contributed by atoms with van der Waals surface area (Å²) in [7, 11) is 0. The van der Waals surface area contributed by atoms with Crippen LogP contribution in [0.15, 0.2) is 48.5 Å². The lowest BCUT2D eigenvalue weighted by molar-refractivity contribution is 0.0998. The first-order valence-corrected chi connectivity index (χ1v) is 7.16. The van der Waals surface area contributed by atoms with E-state index in [0.29, 0.717) is 22.5 Å². The number of rotatable bonds is 4. The van der Waals surface area contributed by atoms with Gasteiger partial charge in [0.2, 0.25) is 5.91 Å². The minimum atomic E-state index is -0.999. The fourth-order valence-electron chi connectivity index (χ4n) is 2.16. The Hall–Kier alpha value is -3.55. The molecule has 0 aliphatic heterocycles. The number of halogens is 2. The molecule has 4 N–H and O–H groups in total. The zero-order valence-electron chi connectivity index (χ0n) is 12.7. The van der Waals surface area contributed by atoms with Crippen LogP contribution in [0, 0.1) is 11.6 Å². The van der Waals surface area contributed by atoms with Gasteiger partial charge in [-0.05, 0) is 48.5 Å². The molecule has 3 aromatic rings. The number of nitrogens with two attached hydrogens (primary N) is 1. The number of anilines is 1. The van der Waals surface area contributed by atoms with Crippen molar-refractivity contribution in [3.05, 3.63) is 71.4 Å². The zero-order valence-corrected chi connectivity index (χ0v) is 12.7. The van der Waals surface area contributed by atoms with Crippen molar-refractivity contribution in [2.45, 2.75) is 0 Å². The van der Waals surface area contributed by atoms with Crippen molar-refractivity contribution >= 4 is 17.5 Å². The molecular formula is C17H12F2N4O2. The first-order valence-electron chi connectivity index (χ1n) is 7.16. The van der Waals surface area contributed by atoms with E-state index in [2.05, 4.69) is 15.5 Å². The molecule has 1 aromatic heterocycles. The third kappa shape index (κ3) is 3.52. The van der Waals surface area contributed by atoms with Crippen molar-refractivity contribution in [3.8, 4) is 11.3 Å². The van der Waals surface area contributed by atoms with Crippen LogP contribution < -0.4 is 11.1 Å². The zero-order chi connectivity index (χ0) is 18.0. The van der Waals surface area contributed by atoms with E-state index >= 15 is 0 Å². The number of amides is 2. The summed E-state index contributed by atoms with van der Waals surface area (Å²) in [5.74, 6) is -3.01. The summed E-state index contributed by atoms with van der Waals surface area (Å²) in [4.78, 5) is 23.2. The average Bonchev–Trinajstić information content (AvgIpc) is 3.08. The van der Waals surface area contributed by atoms with Gasteiger partial charge in [-0.3, -0.25) is 14.7 Å². The van der Waals surface area contributed by atoms with Crippen LogP contribution in [0.3, 0.4) is 0 Å². The van der Waals surface area contributed by atoms with Crippen LogP contribution in [0.5, 0.6) is 0 Å². The number of aromatic amines is 1. The van der Waals surface area contributed by atoms with Crippen LogP contribution in [0.1, 0.15) is 20.8 Å². The van der Waals surface area contributed by atoms with Gasteiger partial charge in [0.05, 0.1) is 5.69 Å². The molecule has 0 radical (unpaired) electrons. The molecule has 3 rings (SSSR count). The Balaban J connectivity index is 1.76. The Morgan fingerprint density at radius 1 is 1.00 bits per heavy atom. The van der Waals surface area contributed by atoms with Crippen molar-refractivity contribution in [2.75, 3.05) is 5.32 Å². The number of benzene rings is 2. The second-order valence-electron chi connectivity index (χ2n) is 5.19. The molecule has 1 heterocycles. The SMILES string of the molecule is NC(=O)c1ccc(NC(=O)c2cc(-c3ccc(F)c(F)c3)n[nH]2)cc1. The number of nitrogens with zero attached hydrogens (tertiary/aromatic N) is 1. The Morgan fingerprint density at radius 3 is 2.36 bits per heavy atom. The maximum atomic E-state index is 13.3. The molecule has 0 saturated carbocycles. The standard InChI is InChI=1S/C17H12F2N4O2/c18-12-6-3-10(7-13(12)19)14-8-15(23-22-14)17(25)21-11-4-1-9(2-5-11)16(20)24/h1-8H,(H2,20,24)(H,21,25)(H,22,23). The number of H-pyrrole nitrogens is 1. The second-order valence-corrected chi connectivity index (χ2v) is 5.19. The van der Waals surface area contributed by atoms with Gasteiger partial charge in [-0.2, -0.15) is 5.10 Å². The lowest BCUT2D eigenvalue weighted by atomic mass is 10.1. The van der Waals surface area contributed by atoms with Gasteiger partial charge in [-0.1, -0.05) is 0 Å². The maximum absolute atomic E-state index is 13.3. The molecule has 25 heavy (non-hydrogen) atoms. The molecule has 0 atom stereocenters. The Labute approximate surface area is 140 Å². The van der Waals surface area contributed by atoms with Crippen LogP contribution in [0.2, 0.25) is 0 Å². The molecule has 0 bridgehead atoms. The molecule has 0 unspecified atom stereocenters. The summed E-state index contributed by atoms with van der Waals surface area (Å²) >= 11 is 0. The van der Waals surface area contributed by atoms with E-state index in [0.717, 1.165) is 12.1 Å². The van der Waals surface area contributed by atoms with E-state index < -0.39 is 23.4 Å². The molecule has 0 spiro atoms. The number of hydrogen-bond acceptors (Lipinski definition) is 3. The van der Waals surface area contributed by atoms with E-state index in [1.807, 2.05) is 0 Å². The van der Waals surface area contributed by atoms with E-state index in [9.17, 15) is 18.4 Å². The minimum Gasteiger partial charge on any atom is -0.366 e. The predicted octanol–water partition coefficient (Wildman–Crippen LogP) is 2.71. The average molecular weight is 342 g/mol. The van der Waals surface area contributed by atoms with Gasteiger partial charge in [0.1, 0.15) is 5.69 Å². The third-order valence-corrected chi connectivity index (χ3v) is 3.47. The van der Waals surface area contributed by atoms with Crippen LogP contribution in [0.4, 0.5) is 14.5 Å². The quantitative estimate of drug-likeness (QED) is 0.679. The molecule has 126 valence electrons. The second kappa shape index (κ2) is 6.52. The van der Waals surface area contributed by atoms with E-state index in [-0.39, 0.29) is 5.69 Å². The highest BCUT2D eigenvalue weighted by Crippen LogP contribution is 2.20. The van der Waals surface area contributed by atoms with Crippen LogP contribution in [0.25, 0.3) is 11.3 Å². The van der Waals surface area contributed by atoms with Crippen molar-refractivity contribution in [3.63, 3.8) is 0 Å². The van der Waals surface area contributed by atoms with Crippen molar-refractivity contribution in [1.29, 1.82) is 0 Å². The van der Waals surface area contributed by atoms with E-state index in [1.165, 1.54) is 36.4 Å². The number of carbonyl (C=O) groups excluding carboxylic acids is 2. The number of primary amides is 1. The Bertz CT molecular complexity index is 952. The molecule has 0 saturated heterocycles. The Morgan fingerprint density at radius 2 is 1.72 bits per heavy atom. The first-order chi connectivity index (χ1) is 11.9. The van der Waals surface area contributed by atoms with Gasteiger partial charge in [-0.15, -0.1) is 0 Å². The molecule has 8 heteroatoms. The highest BCUT2D eigenvalue weighted by Gasteiger charge is 2.13. The smallest absolute Gasteiger partial charge is 0.273 e. The molecule has 0 aliphatic carbocycles. The normalized spacial score (nSPS) is 10.5. The van der Waals surface area contributed by atoms with Gasteiger partial charge >= 0.3 is 0 Å². The summed E-state index contributed by atoms with van der Waals surface area (Å²) in [5, 5.41) is 9.07. The summed E-state index contributed by atoms with van der Waals surface area (Å²) in [6.45, 7) is 0. The van der Waals surface area contributed by atoms with Crippen LogP contribution >= 0.6 is 0 Å². The predicted molar refractivity (Wildman–Crippen MR) is 86.9 cm³/mol. The molecule has 6 nitrogen and oxygen atoms in total. The van der Waals surface area contributed by atoms with Gasteiger partial charge < -0.3 is 11.1 Å². The highest BCUT2D eigenvalue weighted by molar-refractivity contribution is 6.03. The van der Waals surface area contributed by atoms with Gasteiger partial charge in [0.15, 0.2) is 11.6 Å². The van der Waals surface area contributed by atoms with Gasteiger partial charge in [0.25, 0.3) is 5.91 Å². The summed E-state index contributed by atoms with van der Waals surface area (Å²) in [5.41, 5.74) is 6.69. The summed E-state index contributed by atoms with van der Waals surface area (Å²) < 4.78 is 26.3. The monoisotopic (exact) mass is 342 g/mol. The highest BCUT2D eigenvalue weighted by atomic mass is 19.2. The first kappa shape index (κ1) is 16.3. The largest absolute Gasteiger partial charge is 0.366 e. The van der Waals surface area contributed by atoms with Gasteiger partial charge in [-0.25, -0.2) is 8.78 Å². The third-order valence-electron chi connectivity index (χ3n) is 3.47.